The highest BCUT2D eigenvalue weighted by Crippen LogP contribution is 2.39. The zero-order chi connectivity index (χ0) is 18.2. The maximum Gasteiger partial charge on any atom is 0.229 e. The van der Waals surface area contributed by atoms with Crippen molar-refractivity contribution in [3.8, 4) is 0 Å². The molecule has 1 fully saturated rings. The second kappa shape index (κ2) is 6.66. The third-order valence-electron chi connectivity index (χ3n) is 4.56. The summed E-state index contributed by atoms with van der Waals surface area (Å²) in [6.07, 6.45) is 2.47. The van der Waals surface area contributed by atoms with Gasteiger partial charge in [0.1, 0.15) is 5.82 Å². The molecule has 2 aromatic heterocycles. The van der Waals surface area contributed by atoms with Gasteiger partial charge in [0, 0.05) is 33.2 Å². The van der Waals surface area contributed by atoms with E-state index in [4.69, 9.17) is 0 Å². The van der Waals surface area contributed by atoms with Gasteiger partial charge in [0.05, 0.1) is 5.52 Å². The lowest BCUT2D eigenvalue weighted by molar-refractivity contribution is 0.966. The molecule has 1 aliphatic carbocycles. The fourth-order valence-electron chi connectivity index (χ4n) is 3.02. The molecule has 5 rings (SSSR count). The molecule has 134 valence electrons. The molecule has 0 saturated heterocycles. The van der Waals surface area contributed by atoms with Gasteiger partial charge in [0.25, 0.3) is 0 Å². The molecule has 7 heteroatoms. The van der Waals surface area contributed by atoms with Crippen molar-refractivity contribution in [1.82, 2.24) is 20.2 Å². The normalized spacial score (nSPS) is 13.7. The summed E-state index contributed by atoms with van der Waals surface area (Å²) in [4.78, 5) is 9.32. The maximum atomic E-state index is 4.68. The Morgan fingerprint density at radius 3 is 2.59 bits per heavy atom. The molecular weight excluding hydrogens is 404 g/mol. The molecular formula is C20H17BrN6. The van der Waals surface area contributed by atoms with Gasteiger partial charge in [-0.3, -0.25) is 5.10 Å². The molecule has 0 unspecified atom stereocenters. The van der Waals surface area contributed by atoms with Crippen LogP contribution in [0.3, 0.4) is 0 Å². The average Bonchev–Trinajstić information content (AvgIpc) is 3.43. The van der Waals surface area contributed by atoms with Crippen molar-refractivity contribution in [3.05, 3.63) is 64.8 Å². The number of halogens is 1. The van der Waals surface area contributed by atoms with Crippen LogP contribution < -0.4 is 10.6 Å². The molecule has 3 N–H and O–H groups in total. The zero-order valence-corrected chi connectivity index (χ0v) is 16.0. The molecule has 2 aromatic carbocycles. The first-order chi connectivity index (χ1) is 13.2. The highest BCUT2D eigenvalue weighted by atomic mass is 79.9. The predicted octanol–water partition coefficient (Wildman–Crippen LogP) is 5.48. The first-order valence-corrected chi connectivity index (χ1v) is 9.65. The Morgan fingerprint density at radius 2 is 1.78 bits per heavy atom. The predicted molar refractivity (Wildman–Crippen MR) is 111 cm³/mol. The van der Waals surface area contributed by atoms with Crippen LogP contribution in [0.15, 0.2) is 59.1 Å². The molecule has 0 bridgehead atoms. The molecule has 27 heavy (non-hydrogen) atoms. The minimum atomic E-state index is 0.538. The number of hydrogen-bond donors (Lipinski definition) is 3. The first kappa shape index (κ1) is 16.3. The minimum Gasteiger partial charge on any atom is -0.324 e. The number of para-hydroxylation sites is 1. The van der Waals surface area contributed by atoms with Crippen molar-refractivity contribution in [2.75, 3.05) is 10.6 Å². The molecule has 6 nitrogen and oxygen atoms in total. The average molecular weight is 421 g/mol. The van der Waals surface area contributed by atoms with E-state index in [2.05, 4.69) is 52.8 Å². The number of anilines is 4. The van der Waals surface area contributed by atoms with E-state index in [0.29, 0.717) is 11.9 Å². The molecule has 0 atom stereocenters. The molecule has 4 aromatic rings. The summed E-state index contributed by atoms with van der Waals surface area (Å²) < 4.78 is 1.03. The largest absolute Gasteiger partial charge is 0.324 e. The van der Waals surface area contributed by atoms with Crippen molar-refractivity contribution in [2.24, 2.45) is 0 Å². The van der Waals surface area contributed by atoms with Gasteiger partial charge in [-0.05, 0) is 49.2 Å². The quantitative estimate of drug-likeness (QED) is 0.398. The van der Waals surface area contributed by atoms with Crippen molar-refractivity contribution in [2.45, 2.75) is 18.8 Å². The van der Waals surface area contributed by atoms with E-state index in [9.17, 15) is 0 Å². The number of benzene rings is 2. The number of fused-ring (bicyclic) bond motifs is 1. The minimum absolute atomic E-state index is 0.538. The monoisotopic (exact) mass is 420 g/mol. The van der Waals surface area contributed by atoms with Crippen LogP contribution in [0.25, 0.3) is 10.9 Å². The molecule has 0 radical (unpaired) electrons. The standard InChI is InChI=1S/C20H17BrN6/c21-13-7-9-14(10-8-13)22-20-23-16-4-2-1-3-15(16)19(25-20)24-18-11-17(26-27-18)12-5-6-12/h1-4,7-12H,5-6H2,(H3,22,23,24,25,26,27). The van der Waals surface area contributed by atoms with E-state index in [0.717, 1.165) is 32.7 Å². The highest BCUT2D eigenvalue weighted by Gasteiger charge is 2.25. The Labute approximate surface area is 164 Å². The lowest BCUT2D eigenvalue weighted by Crippen LogP contribution is -2.02. The lowest BCUT2D eigenvalue weighted by Gasteiger charge is -2.10. The number of aromatic nitrogens is 4. The van der Waals surface area contributed by atoms with Gasteiger partial charge in [-0.15, -0.1) is 0 Å². The van der Waals surface area contributed by atoms with E-state index in [1.165, 1.54) is 18.5 Å². The number of hydrogen-bond acceptors (Lipinski definition) is 5. The van der Waals surface area contributed by atoms with E-state index in [-0.39, 0.29) is 0 Å². The van der Waals surface area contributed by atoms with Crippen LogP contribution in [-0.2, 0) is 0 Å². The fourth-order valence-corrected chi connectivity index (χ4v) is 3.28. The van der Waals surface area contributed by atoms with Gasteiger partial charge in [-0.1, -0.05) is 28.1 Å². The van der Waals surface area contributed by atoms with Gasteiger partial charge < -0.3 is 10.6 Å². The van der Waals surface area contributed by atoms with Crippen molar-refractivity contribution < 1.29 is 0 Å². The van der Waals surface area contributed by atoms with Crippen LogP contribution in [0, 0.1) is 0 Å². The van der Waals surface area contributed by atoms with Gasteiger partial charge in [0.2, 0.25) is 5.95 Å². The summed E-state index contributed by atoms with van der Waals surface area (Å²) in [5, 5.41) is 15.1. The molecule has 1 aliphatic rings. The van der Waals surface area contributed by atoms with Gasteiger partial charge in [0.15, 0.2) is 5.82 Å². The van der Waals surface area contributed by atoms with Gasteiger partial charge in [-0.2, -0.15) is 10.1 Å². The SMILES string of the molecule is Brc1ccc(Nc2nc(Nc3cc(C4CC4)[nH]n3)c3ccccc3n2)cc1. The van der Waals surface area contributed by atoms with Crippen LogP contribution in [-0.4, -0.2) is 20.2 Å². The second-order valence-corrected chi connectivity index (χ2v) is 7.57. The Bertz CT molecular complexity index is 1100. The second-order valence-electron chi connectivity index (χ2n) is 6.65. The summed E-state index contributed by atoms with van der Waals surface area (Å²) >= 11 is 3.45. The number of nitrogens with zero attached hydrogens (tertiary/aromatic N) is 3. The third-order valence-corrected chi connectivity index (χ3v) is 5.09. The van der Waals surface area contributed by atoms with Crippen LogP contribution in [0.2, 0.25) is 0 Å². The van der Waals surface area contributed by atoms with Gasteiger partial charge >= 0.3 is 0 Å². The number of H-pyrrole nitrogens is 1. The maximum absolute atomic E-state index is 4.68. The Balaban J connectivity index is 1.49. The van der Waals surface area contributed by atoms with Crippen LogP contribution in [0.5, 0.6) is 0 Å². The summed E-state index contributed by atoms with van der Waals surface area (Å²) in [7, 11) is 0. The number of aromatic amines is 1. The molecule has 1 saturated carbocycles. The van der Waals surface area contributed by atoms with E-state index >= 15 is 0 Å². The Morgan fingerprint density at radius 1 is 0.963 bits per heavy atom. The molecule has 0 spiro atoms. The van der Waals surface area contributed by atoms with Gasteiger partial charge in [-0.25, -0.2) is 4.98 Å². The number of nitrogens with one attached hydrogen (secondary N) is 3. The van der Waals surface area contributed by atoms with Crippen LogP contribution >= 0.6 is 15.9 Å². The molecule has 0 amide bonds. The van der Waals surface area contributed by atoms with E-state index < -0.39 is 0 Å². The van der Waals surface area contributed by atoms with Crippen molar-refractivity contribution in [3.63, 3.8) is 0 Å². The molecule has 2 heterocycles. The third kappa shape index (κ3) is 3.50. The highest BCUT2D eigenvalue weighted by molar-refractivity contribution is 9.10. The van der Waals surface area contributed by atoms with E-state index in [1.807, 2.05) is 48.5 Å². The lowest BCUT2D eigenvalue weighted by atomic mass is 10.2. The topological polar surface area (TPSA) is 78.5 Å². The zero-order valence-electron chi connectivity index (χ0n) is 14.4. The smallest absolute Gasteiger partial charge is 0.229 e. The Hall–Kier alpha value is -2.93. The van der Waals surface area contributed by atoms with E-state index in [1.54, 1.807) is 0 Å². The van der Waals surface area contributed by atoms with Crippen molar-refractivity contribution >= 4 is 50.1 Å². The summed E-state index contributed by atoms with van der Waals surface area (Å²) in [6, 6.07) is 17.9. The number of rotatable bonds is 5. The molecule has 0 aliphatic heterocycles. The van der Waals surface area contributed by atoms with Crippen molar-refractivity contribution in [1.29, 1.82) is 0 Å². The first-order valence-electron chi connectivity index (χ1n) is 8.86. The fraction of sp³-hybridized carbons (Fsp3) is 0.150. The Kier molecular flexibility index (Phi) is 4.01. The summed E-state index contributed by atoms with van der Waals surface area (Å²) in [5.41, 5.74) is 2.98. The van der Waals surface area contributed by atoms with Crippen LogP contribution in [0.1, 0.15) is 24.5 Å². The summed E-state index contributed by atoms with van der Waals surface area (Å²) in [6.45, 7) is 0. The summed E-state index contributed by atoms with van der Waals surface area (Å²) in [5.74, 6) is 2.67. The van der Waals surface area contributed by atoms with Crippen LogP contribution in [0.4, 0.5) is 23.3 Å².